The van der Waals surface area contributed by atoms with Crippen LogP contribution < -0.4 is 10.1 Å². The molecule has 2 rings (SSSR count). The van der Waals surface area contributed by atoms with Crippen molar-refractivity contribution in [2.45, 2.75) is 39.7 Å². The molecule has 0 fully saturated rings. The van der Waals surface area contributed by atoms with Gasteiger partial charge in [-0.3, -0.25) is 0 Å². The topological polar surface area (TPSA) is 34.1 Å². The normalized spacial score (nSPS) is 11.2. The first kappa shape index (κ1) is 15.4. The second-order valence-electron chi connectivity index (χ2n) is 6.11. The van der Waals surface area contributed by atoms with Crippen molar-refractivity contribution in [2.75, 3.05) is 11.9 Å². The zero-order valence-corrected chi connectivity index (χ0v) is 13.3. The molecule has 1 N–H and O–H groups in total. The summed E-state index contributed by atoms with van der Waals surface area (Å²) >= 11 is 0. The van der Waals surface area contributed by atoms with Gasteiger partial charge in [0.15, 0.2) is 0 Å². The molecule has 0 saturated carbocycles. The Morgan fingerprint density at radius 1 is 1.10 bits per heavy atom. The smallest absolute Gasteiger partial charge is 0.130 e. The number of aromatic nitrogens is 1. The highest BCUT2D eigenvalue weighted by atomic mass is 16.5. The van der Waals surface area contributed by atoms with Crippen molar-refractivity contribution in [3.63, 3.8) is 0 Å². The lowest BCUT2D eigenvalue weighted by atomic mass is 9.87. The molecule has 0 amide bonds. The maximum Gasteiger partial charge on any atom is 0.130 e. The average molecular weight is 284 g/mol. The molecule has 0 unspecified atom stereocenters. The number of hydrogen-bond acceptors (Lipinski definition) is 3. The maximum atomic E-state index is 5.87. The summed E-state index contributed by atoms with van der Waals surface area (Å²) in [6.45, 7) is 10.0. The largest absolute Gasteiger partial charge is 0.487 e. The second-order valence-corrected chi connectivity index (χ2v) is 6.11. The second kappa shape index (κ2) is 6.61. The number of rotatable bonds is 5. The van der Waals surface area contributed by atoms with E-state index in [0.717, 1.165) is 23.8 Å². The minimum absolute atomic E-state index is 0.128. The van der Waals surface area contributed by atoms with Crippen LogP contribution in [0.5, 0.6) is 5.75 Å². The van der Waals surface area contributed by atoms with Gasteiger partial charge in [0.1, 0.15) is 18.2 Å². The molecule has 3 nitrogen and oxygen atoms in total. The number of pyridine rings is 1. The predicted molar refractivity (Wildman–Crippen MR) is 87.9 cm³/mol. The zero-order chi connectivity index (χ0) is 15.3. The van der Waals surface area contributed by atoms with Crippen LogP contribution in [0.4, 0.5) is 5.82 Å². The van der Waals surface area contributed by atoms with Crippen molar-refractivity contribution in [1.82, 2.24) is 4.98 Å². The van der Waals surface area contributed by atoms with Gasteiger partial charge >= 0.3 is 0 Å². The highest BCUT2D eigenvalue weighted by Crippen LogP contribution is 2.25. The molecule has 0 atom stereocenters. The summed E-state index contributed by atoms with van der Waals surface area (Å²) in [7, 11) is 0. The van der Waals surface area contributed by atoms with Gasteiger partial charge in [-0.1, -0.05) is 39.0 Å². The molecule has 1 aromatic carbocycles. The summed E-state index contributed by atoms with van der Waals surface area (Å²) in [5.74, 6) is 1.78. The number of benzene rings is 1. The molecule has 1 aromatic heterocycles. The molecule has 0 radical (unpaired) electrons. The molecule has 1 heterocycles. The molecule has 21 heavy (non-hydrogen) atoms. The summed E-state index contributed by atoms with van der Waals surface area (Å²) in [6.07, 6.45) is 0. The Morgan fingerprint density at radius 2 is 1.86 bits per heavy atom. The van der Waals surface area contributed by atoms with Crippen molar-refractivity contribution < 1.29 is 4.74 Å². The lowest BCUT2D eigenvalue weighted by Gasteiger charge is -2.19. The molecule has 112 valence electrons. The number of anilines is 1. The third kappa shape index (κ3) is 4.48. The lowest BCUT2D eigenvalue weighted by Crippen LogP contribution is -2.11. The minimum atomic E-state index is 0.128. The van der Waals surface area contributed by atoms with Gasteiger partial charge in [-0.25, -0.2) is 4.98 Å². The number of nitrogens with zero attached hydrogens (tertiary/aromatic N) is 1. The van der Waals surface area contributed by atoms with Crippen molar-refractivity contribution >= 4 is 5.82 Å². The Labute approximate surface area is 127 Å². The Bertz CT molecular complexity index is 588. The highest BCUT2D eigenvalue weighted by molar-refractivity contribution is 5.35. The Kier molecular flexibility index (Phi) is 4.84. The molecule has 3 heteroatoms. The molecule has 0 aliphatic carbocycles. The van der Waals surface area contributed by atoms with Crippen molar-refractivity contribution in [1.29, 1.82) is 0 Å². The van der Waals surface area contributed by atoms with E-state index in [4.69, 9.17) is 4.74 Å². The molecule has 2 aromatic rings. The van der Waals surface area contributed by atoms with E-state index >= 15 is 0 Å². The molecule has 0 aliphatic heterocycles. The van der Waals surface area contributed by atoms with Crippen LogP contribution in [0, 0.1) is 0 Å². The van der Waals surface area contributed by atoms with E-state index in [1.54, 1.807) is 0 Å². The number of nitrogens with one attached hydrogen (secondary N) is 1. The Balaban J connectivity index is 2.04. The highest BCUT2D eigenvalue weighted by Gasteiger charge is 2.13. The first-order chi connectivity index (χ1) is 9.99. The summed E-state index contributed by atoms with van der Waals surface area (Å²) in [6, 6.07) is 14.2. The first-order valence-corrected chi connectivity index (χ1v) is 7.42. The van der Waals surface area contributed by atoms with Gasteiger partial charge in [-0.2, -0.15) is 0 Å². The van der Waals surface area contributed by atoms with E-state index in [2.05, 4.69) is 50.1 Å². The maximum absolute atomic E-state index is 5.87. The van der Waals surface area contributed by atoms with Gasteiger partial charge in [0, 0.05) is 6.54 Å². The van der Waals surface area contributed by atoms with Crippen molar-refractivity contribution in [3.05, 3.63) is 53.7 Å². The minimum Gasteiger partial charge on any atom is -0.487 e. The van der Waals surface area contributed by atoms with Crippen LogP contribution in [0.1, 0.15) is 39.0 Å². The van der Waals surface area contributed by atoms with E-state index in [9.17, 15) is 0 Å². The van der Waals surface area contributed by atoms with Gasteiger partial charge < -0.3 is 10.1 Å². The fourth-order valence-corrected chi connectivity index (χ4v) is 2.05. The van der Waals surface area contributed by atoms with Crippen LogP contribution in [0.2, 0.25) is 0 Å². The summed E-state index contributed by atoms with van der Waals surface area (Å²) in [4.78, 5) is 4.51. The third-order valence-corrected chi connectivity index (χ3v) is 3.25. The third-order valence-electron chi connectivity index (χ3n) is 3.25. The van der Waals surface area contributed by atoms with Crippen LogP contribution >= 0.6 is 0 Å². The summed E-state index contributed by atoms with van der Waals surface area (Å²) in [5, 5.41) is 3.21. The van der Waals surface area contributed by atoms with Crippen LogP contribution in [-0.4, -0.2) is 11.5 Å². The van der Waals surface area contributed by atoms with Crippen LogP contribution in [0.25, 0.3) is 0 Å². The molecule has 0 spiro atoms. The fourth-order valence-electron chi connectivity index (χ4n) is 2.05. The van der Waals surface area contributed by atoms with Gasteiger partial charge in [-0.15, -0.1) is 0 Å². The van der Waals surface area contributed by atoms with Gasteiger partial charge in [0.05, 0.1) is 5.69 Å². The van der Waals surface area contributed by atoms with E-state index < -0.39 is 0 Å². The van der Waals surface area contributed by atoms with Gasteiger partial charge in [0.2, 0.25) is 0 Å². The van der Waals surface area contributed by atoms with Crippen molar-refractivity contribution in [2.24, 2.45) is 0 Å². The number of hydrogen-bond donors (Lipinski definition) is 1. The average Bonchev–Trinajstić information content (AvgIpc) is 2.45. The molecule has 0 bridgehead atoms. The quantitative estimate of drug-likeness (QED) is 0.884. The SMILES string of the molecule is CCNc1cccc(COc2cccc(C(C)(C)C)c2)n1. The van der Waals surface area contributed by atoms with E-state index in [0.29, 0.717) is 6.61 Å². The summed E-state index contributed by atoms with van der Waals surface area (Å²) in [5.41, 5.74) is 2.33. The number of ether oxygens (including phenoxy) is 1. The standard InChI is InChI=1S/C18H24N2O/c1-5-19-17-11-7-9-15(20-17)13-21-16-10-6-8-14(12-16)18(2,3)4/h6-12H,5,13H2,1-4H3,(H,19,20). The molecular weight excluding hydrogens is 260 g/mol. The zero-order valence-electron chi connectivity index (χ0n) is 13.3. The van der Waals surface area contributed by atoms with Crippen LogP contribution in [0.3, 0.4) is 0 Å². The monoisotopic (exact) mass is 284 g/mol. The van der Waals surface area contributed by atoms with Crippen molar-refractivity contribution in [3.8, 4) is 5.75 Å². The van der Waals surface area contributed by atoms with Gasteiger partial charge in [-0.05, 0) is 42.2 Å². The van der Waals surface area contributed by atoms with Crippen LogP contribution in [0.15, 0.2) is 42.5 Å². The summed E-state index contributed by atoms with van der Waals surface area (Å²) < 4.78 is 5.87. The van der Waals surface area contributed by atoms with Crippen LogP contribution in [-0.2, 0) is 12.0 Å². The lowest BCUT2D eigenvalue weighted by molar-refractivity contribution is 0.300. The predicted octanol–water partition coefficient (Wildman–Crippen LogP) is 4.39. The fraction of sp³-hybridized carbons (Fsp3) is 0.389. The van der Waals surface area contributed by atoms with E-state index in [-0.39, 0.29) is 5.41 Å². The first-order valence-electron chi connectivity index (χ1n) is 7.42. The Hall–Kier alpha value is -2.03. The van der Waals surface area contributed by atoms with E-state index in [1.807, 2.05) is 30.3 Å². The van der Waals surface area contributed by atoms with E-state index in [1.165, 1.54) is 5.56 Å². The molecular formula is C18H24N2O. The van der Waals surface area contributed by atoms with Gasteiger partial charge in [0.25, 0.3) is 0 Å². The Morgan fingerprint density at radius 3 is 2.57 bits per heavy atom. The molecule has 0 aliphatic rings. The molecule has 0 saturated heterocycles.